The predicted molar refractivity (Wildman–Crippen MR) is 66.2 cm³/mol. The SMILES string of the molecule is COc1ccc(Oc2ccc(F)c(OC(F)(F)F)c2)cc1. The van der Waals surface area contributed by atoms with Crippen LogP contribution in [0.1, 0.15) is 0 Å². The number of benzene rings is 2. The van der Waals surface area contributed by atoms with Crippen LogP contribution in [-0.2, 0) is 0 Å². The molecule has 0 N–H and O–H groups in total. The van der Waals surface area contributed by atoms with Crippen LogP contribution >= 0.6 is 0 Å². The van der Waals surface area contributed by atoms with Gasteiger partial charge in [-0.25, -0.2) is 4.39 Å². The summed E-state index contributed by atoms with van der Waals surface area (Å²) in [5.74, 6) is -1.10. The quantitative estimate of drug-likeness (QED) is 0.777. The van der Waals surface area contributed by atoms with E-state index < -0.39 is 17.9 Å². The molecule has 0 aromatic heterocycles. The molecular formula is C14H10F4O3. The number of hydrogen-bond donors (Lipinski definition) is 0. The molecule has 0 spiro atoms. The number of hydrogen-bond acceptors (Lipinski definition) is 3. The van der Waals surface area contributed by atoms with Crippen LogP contribution in [-0.4, -0.2) is 13.5 Å². The monoisotopic (exact) mass is 302 g/mol. The summed E-state index contributed by atoms with van der Waals surface area (Å²) in [7, 11) is 1.50. The van der Waals surface area contributed by atoms with Crippen molar-refractivity contribution in [3.63, 3.8) is 0 Å². The number of alkyl halides is 3. The molecule has 0 aliphatic heterocycles. The van der Waals surface area contributed by atoms with Crippen molar-refractivity contribution in [3.8, 4) is 23.0 Å². The van der Waals surface area contributed by atoms with Gasteiger partial charge in [0.05, 0.1) is 7.11 Å². The molecule has 0 saturated heterocycles. The van der Waals surface area contributed by atoms with E-state index in [2.05, 4.69) is 4.74 Å². The van der Waals surface area contributed by atoms with Gasteiger partial charge < -0.3 is 14.2 Å². The first-order valence-corrected chi connectivity index (χ1v) is 5.74. The molecule has 7 heteroatoms. The molecule has 2 rings (SSSR count). The van der Waals surface area contributed by atoms with Crippen LogP contribution in [0.5, 0.6) is 23.0 Å². The maximum absolute atomic E-state index is 13.2. The van der Waals surface area contributed by atoms with E-state index in [-0.39, 0.29) is 5.75 Å². The van der Waals surface area contributed by atoms with Crippen LogP contribution < -0.4 is 14.2 Å². The third-order valence-electron chi connectivity index (χ3n) is 2.42. The zero-order valence-electron chi connectivity index (χ0n) is 10.8. The Morgan fingerprint density at radius 3 is 2.00 bits per heavy atom. The summed E-state index contributed by atoms with van der Waals surface area (Å²) in [6, 6.07) is 9.21. The Morgan fingerprint density at radius 1 is 0.857 bits per heavy atom. The van der Waals surface area contributed by atoms with Gasteiger partial charge in [-0.2, -0.15) is 0 Å². The highest BCUT2D eigenvalue weighted by atomic mass is 19.4. The van der Waals surface area contributed by atoms with Crippen LogP contribution in [0.3, 0.4) is 0 Å². The minimum absolute atomic E-state index is 0.0146. The molecule has 2 aromatic carbocycles. The van der Waals surface area contributed by atoms with E-state index in [1.807, 2.05) is 0 Å². The summed E-state index contributed by atoms with van der Waals surface area (Å²) in [6.45, 7) is 0. The maximum Gasteiger partial charge on any atom is 0.573 e. The number of ether oxygens (including phenoxy) is 3. The Bertz CT molecular complexity index is 609. The third-order valence-corrected chi connectivity index (χ3v) is 2.42. The molecule has 0 aliphatic carbocycles. The second kappa shape index (κ2) is 5.90. The van der Waals surface area contributed by atoms with E-state index in [9.17, 15) is 17.6 Å². The lowest BCUT2D eigenvalue weighted by Crippen LogP contribution is -2.17. The Morgan fingerprint density at radius 2 is 1.43 bits per heavy atom. The minimum atomic E-state index is -4.97. The highest BCUT2D eigenvalue weighted by Crippen LogP contribution is 2.31. The molecule has 21 heavy (non-hydrogen) atoms. The Labute approximate surface area is 117 Å². The minimum Gasteiger partial charge on any atom is -0.497 e. The smallest absolute Gasteiger partial charge is 0.497 e. The first-order valence-electron chi connectivity index (χ1n) is 5.74. The molecule has 0 fully saturated rings. The van der Waals surface area contributed by atoms with Gasteiger partial charge in [0.2, 0.25) is 0 Å². The van der Waals surface area contributed by atoms with E-state index in [1.54, 1.807) is 24.3 Å². The molecule has 0 atom stereocenters. The molecule has 0 saturated carbocycles. The standard InChI is InChI=1S/C14H10F4O3/c1-19-9-2-4-10(5-3-9)20-11-6-7-12(15)13(8-11)21-14(16,17)18/h2-8H,1H3. The summed E-state index contributed by atoms with van der Waals surface area (Å²) in [5, 5.41) is 0. The lowest BCUT2D eigenvalue weighted by atomic mass is 10.3. The summed E-state index contributed by atoms with van der Waals surface area (Å²) < 4.78 is 63.4. The van der Waals surface area contributed by atoms with Crippen LogP contribution in [0.4, 0.5) is 17.6 Å². The molecule has 0 amide bonds. The first kappa shape index (κ1) is 15.0. The van der Waals surface area contributed by atoms with Crippen molar-refractivity contribution in [2.24, 2.45) is 0 Å². The second-order valence-electron chi connectivity index (χ2n) is 3.92. The number of methoxy groups -OCH3 is 1. The molecule has 0 aliphatic rings. The van der Waals surface area contributed by atoms with Gasteiger partial charge in [-0.05, 0) is 36.4 Å². The summed E-state index contributed by atoms with van der Waals surface area (Å²) in [6.07, 6.45) is -4.97. The van der Waals surface area contributed by atoms with Crippen molar-refractivity contribution in [3.05, 3.63) is 48.3 Å². The van der Waals surface area contributed by atoms with Gasteiger partial charge in [-0.15, -0.1) is 13.2 Å². The van der Waals surface area contributed by atoms with Crippen molar-refractivity contribution in [1.29, 1.82) is 0 Å². The van der Waals surface area contributed by atoms with Crippen LogP contribution in [0.2, 0.25) is 0 Å². The fourth-order valence-electron chi connectivity index (χ4n) is 1.53. The summed E-state index contributed by atoms with van der Waals surface area (Å²) >= 11 is 0. The van der Waals surface area contributed by atoms with Gasteiger partial charge in [0.1, 0.15) is 17.2 Å². The van der Waals surface area contributed by atoms with Gasteiger partial charge >= 0.3 is 6.36 Å². The fourth-order valence-corrected chi connectivity index (χ4v) is 1.53. The largest absolute Gasteiger partial charge is 0.573 e. The lowest BCUT2D eigenvalue weighted by Gasteiger charge is -2.12. The zero-order chi connectivity index (χ0) is 15.5. The van der Waals surface area contributed by atoms with Crippen molar-refractivity contribution >= 4 is 0 Å². The van der Waals surface area contributed by atoms with E-state index in [0.29, 0.717) is 11.5 Å². The average molecular weight is 302 g/mol. The van der Waals surface area contributed by atoms with Crippen molar-refractivity contribution in [2.45, 2.75) is 6.36 Å². The summed E-state index contributed by atoms with van der Waals surface area (Å²) in [5.41, 5.74) is 0. The number of rotatable bonds is 4. The van der Waals surface area contributed by atoms with Crippen LogP contribution in [0, 0.1) is 5.82 Å². The molecule has 3 nitrogen and oxygen atoms in total. The molecule has 0 heterocycles. The third kappa shape index (κ3) is 4.27. The maximum atomic E-state index is 13.2. The van der Waals surface area contributed by atoms with Gasteiger partial charge in [0.15, 0.2) is 11.6 Å². The highest BCUT2D eigenvalue weighted by Gasteiger charge is 2.32. The normalized spacial score (nSPS) is 11.1. The van der Waals surface area contributed by atoms with E-state index in [0.717, 1.165) is 12.1 Å². The zero-order valence-corrected chi connectivity index (χ0v) is 10.8. The van der Waals surface area contributed by atoms with Crippen LogP contribution in [0.25, 0.3) is 0 Å². The topological polar surface area (TPSA) is 27.7 Å². The van der Waals surface area contributed by atoms with Gasteiger partial charge in [0.25, 0.3) is 0 Å². The first-order chi connectivity index (χ1) is 9.87. The Balaban J connectivity index is 2.18. The van der Waals surface area contributed by atoms with Gasteiger partial charge in [-0.1, -0.05) is 0 Å². The van der Waals surface area contributed by atoms with Gasteiger partial charge in [0, 0.05) is 6.07 Å². The Kier molecular flexibility index (Phi) is 4.21. The van der Waals surface area contributed by atoms with Crippen molar-refractivity contribution < 1.29 is 31.8 Å². The average Bonchev–Trinajstić information content (AvgIpc) is 2.42. The van der Waals surface area contributed by atoms with Crippen molar-refractivity contribution in [2.75, 3.05) is 7.11 Å². The molecule has 2 aromatic rings. The number of halogens is 4. The molecule has 0 unspecified atom stereocenters. The van der Waals surface area contributed by atoms with E-state index >= 15 is 0 Å². The fraction of sp³-hybridized carbons (Fsp3) is 0.143. The van der Waals surface area contributed by atoms with Crippen LogP contribution in [0.15, 0.2) is 42.5 Å². The Hall–Kier alpha value is -2.44. The molecule has 112 valence electrons. The molecule has 0 radical (unpaired) electrons. The highest BCUT2D eigenvalue weighted by molar-refractivity contribution is 5.39. The molecular weight excluding hydrogens is 292 g/mol. The lowest BCUT2D eigenvalue weighted by molar-refractivity contribution is -0.275. The second-order valence-corrected chi connectivity index (χ2v) is 3.92. The van der Waals surface area contributed by atoms with E-state index in [4.69, 9.17) is 9.47 Å². The predicted octanol–water partition coefficient (Wildman–Crippen LogP) is 4.53. The summed E-state index contributed by atoms with van der Waals surface area (Å²) in [4.78, 5) is 0. The van der Waals surface area contributed by atoms with Gasteiger partial charge in [-0.3, -0.25) is 0 Å². The van der Waals surface area contributed by atoms with E-state index in [1.165, 1.54) is 13.2 Å². The molecule has 0 bridgehead atoms. The van der Waals surface area contributed by atoms with Crippen molar-refractivity contribution in [1.82, 2.24) is 0 Å².